The van der Waals surface area contributed by atoms with Crippen LogP contribution in [0, 0.1) is 5.92 Å². The van der Waals surface area contributed by atoms with Gasteiger partial charge in [0.05, 0.1) is 0 Å². The van der Waals surface area contributed by atoms with Crippen molar-refractivity contribution in [1.82, 2.24) is 15.5 Å². The van der Waals surface area contributed by atoms with Crippen molar-refractivity contribution in [3.05, 3.63) is 28.8 Å². The number of nitrogens with one attached hydrogen (secondary N) is 3. The fourth-order valence-electron chi connectivity index (χ4n) is 3.81. The third-order valence-electron chi connectivity index (χ3n) is 5.67. The minimum absolute atomic E-state index is 0.250. The maximum absolute atomic E-state index is 12.3. The molecule has 1 heterocycles. The molecule has 1 aromatic carbocycles. The number of carbonyl (C=O) groups excluding carboxylic acids is 1. The van der Waals surface area contributed by atoms with Crippen LogP contribution in [0.25, 0.3) is 0 Å². The molecule has 33 heavy (non-hydrogen) atoms. The Morgan fingerprint density at radius 3 is 2.70 bits per heavy atom. The topological polar surface area (TPSA) is 81.1 Å². The molecule has 9 heteroatoms. The largest absolute Gasteiger partial charge is 0.341 e. The van der Waals surface area contributed by atoms with Crippen molar-refractivity contribution in [2.75, 3.05) is 32.0 Å². The number of aliphatic imine (C=N–C) groups is 2. The Hall–Kier alpha value is -2.19. The van der Waals surface area contributed by atoms with Crippen LogP contribution in [0.2, 0.25) is 5.02 Å². The van der Waals surface area contributed by atoms with Gasteiger partial charge in [-0.25, -0.2) is 9.79 Å². The molecule has 2 amide bonds. The molecule has 1 aromatic rings. The molecule has 0 spiro atoms. The van der Waals surface area contributed by atoms with Gasteiger partial charge in [-0.15, -0.1) is 0 Å². The van der Waals surface area contributed by atoms with Crippen molar-refractivity contribution < 1.29 is 4.79 Å². The summed E-state index contributed by atoms with van der Waals surface area (Å²) in [5.41, 5.74) is 1.89. The summed E-state index contributed by atoms with van der Waals surface area (Å²) in [5, 5.41) is 9.56. The zero-order valence-corrected chi connectivity index (χ0v) is 21.7. The van der Waals surface area contributed by atoms with E-state index >= 15 is 0 Å². The zero-order valence-electron chi connectivity index (χ0n) is 20.2. The first-order valence-electron chi connectivity index (χ1n) is 11.7. The maximum atomic E-state index is 12.3. The number of anilines is 1. The van der Waals surface area contributed by atoms with Gasteiger partial charge in [0.2, 0.25) is 5.96 Å². The number of hydrogen-bond donors (Lipinski definition) is 3. The number of piperidine rings is 1. The smallest absolute Gasteiger partial charge is 0.321 e. The molecule has 7 nitrogen and oxygen atoms in total. The number of amides is 2. The van der Waals surface area contributed by atoms with E-state index in [1.165, 1.54) is 0 Å². The van der Waals surface area contributed by atoms with E-state index in [9.17, 15) is 4.79 Å². The van der Waals surface area contributed by atoms with Crippen molar-refractivity contribution in [3.8, 4) is 0 Å². The molecule has 0 saturated carbocycles. The van der Waals surface area contributed by atoms with Crippen molar-refractivity contribution in [2.24, 2.45) is 15.9 Å². The summed E-state index contributed by atoms with van der Waals surface area (Å²) in [7, 11) is 1.79. The Morgan fingerprint density at radius 1 is 1.33 bits per heavy atom. The third kappa shape index (κ3) is 9.29. The highest BCUT2D eigenvalue weighted by Gasteiger charge is 2.21. The lowest BCUT2D eigenvalue weighted by Crippen LogP contribution is -2.43. The second-order valence-corrected chi connectivity index (χ2v) is 9.41. The van der Waals surface area contributed by atoms with Crippen molar-refractivity contribution in [1.29, 1.82) is 0 Å². The lowest BCUT2D eigenvalue weighted by molar-refractivity contribution is 0.237. The molecule has 1 fully saturated rings. The normalized spacial score (nSPS) is 15.2. The van der Waals surface area contributed by atoms with Crippen molar-refractivity contribution in [2.45, 2.75) is 58.8 Å². The quantitative estimate of drug-likeness (QED) is 0.270. The van der Waals surface area contributed by atoms with E-state index in [1.807, 2.05) is 24.4 Å². The fraction of sp³-hybridized carbons (Fsp3) is 0.583. The minimum atomic E-state index is -0.302. The first kappa shape index (κ1) is 27.1. The Balaban J connectivity index is 1.71. The summed E-state index contributed by atoms with van der Waals surface area (Å²) < 4.78 is 0. The number of carbonyl (C=O) groups is 1. The average Bonchev–Trinajstić information content (AvgIpc) is 2.77. The first-order chi connectivity index (χ1) is 15.8. The molecular weight excluding hydrogens is 456 g/mol. The molecule has 1 aliphatic rings. The predicted molar refractivity (Wildman–Crippen MR) is 144 cm³/mol. The number of benzene rings is 1. The second kappa shape index (κ2) is 14.2. The lowest BCUT2D eigenvalue weighted by Gasteiger charge is -2.32. The Morgan fingerprint density at radius 2 is 2.06 bits per heavy atom. The molecule has 1 aliphatic heterocycles. The summed E-state index contributed by atoms with van der Waals surface area (Å²) in [5.74, 6) is 1.70. The second-order valence-electron chi connectivity index (χ2n) is 8.56. The molecule has 0 atom stereocenters. The van der Waals surface area contributed by atoms with Crippen molar-refractivity contribution >= 4 is 52.8 Å². The van der Waals surface area contributed by atoms with Gasteiger partial charge in [0.15, 0.2) is 5.11 Å². The lowest BCUT2D eigenvalue weighted by atomic mass is 9.94. The molecule has 0 bridgehead atoms. The van der Waals surface area contributed by atoms with Crippen LogP contribution in [0.15, 0.2) is 28.2 Å². The van der Waals surface area contributed by atoms with Gasteiger partial charge >= 0.3 is 6.03 Å². The average molecular weight is 493 g/mol. The van der Waals surface area contributed by atoms with E-state index in [4.69, 9.17) is 23.8 Å². The first-order valence-corrected chi connectivity index (χ1v) is 12.5. The number of thiocarbonyl (C=S) groups is 1. The Kier molecular flexibility index (Phi) is 11.6. The highest BCUT2D eigenvalue weighted by Crippen LogP contribution is 2.27. The van der Waals surface area contributed by atoms with Gasteiger partial charge in [-0.3, -0.25) is 10.3 Å². The molecular formula is C24H37ClN6OS. The SMILES string of the molecule is CCCC=NC(=NC)N1CCC(CCNC(=O)NC(=S)Nc2cc(Cl)ccc2C(C)C)CC1. The fourth-order valence-corrected chi connectivity index (χ4v) is 4.18. The maximum Gasteiger partial charge on any atom is 0.321 e. The van der Waals surface area contributed by atoms with E-state index in [1.54, 1.807) is 7.05 Å². The van der Waals surface area contributed by atoms with Crippen LogP contribution in [-0.2, 0) is 0 Å². The van der Waals surface area contributed by atoms with Gasteiger partial charge < -0.3 is 15.5 Å². The number of urea groups is 1. The Labute approximate surface area is 208 Å². The number of guanidine groups is 1. The van der Waals surface area contributed by atoms with Crippen LogP contribution in [0.1, 0.15) is 64.4 Å². The molecule has 0 radical (unpaired) electrons. The summed E-state index contributed by atoms with van der Waals surface area (Å²) in [6.07, 6.45) is 7.08. The monoisotopic (exact) mass is 492 g/mol. The summed E-state index contributed by atoms with van der Waals surface area (Å²) in [4.78, 5) is 23.3. The molecule has 0 unspecified atom stereocenters. The van der Waals surface area contributed by atoms with E-state index in [0.29, 0.717) is 23.4 Å². The van der Waals surface area contributed by atoms with E-state index in [0.717, 1.165) is 62.4 Å². The van der Waals surface area contributed by atoms with Crippen LogP contribution in [-0.4, -0.2) is 54.9 Å². The number of halogens is 1. The van der Waals surface area contributed by atoms with Gasteiger partial charge in [0.1, 0.15) is 0 Å². The number of hydrogen-bond acceptors (Lipinski definition) is 3. The van der Waals surface area contributed by atoms with Crippen LogP contribution in [0.4, 0.5) is 10.5 Å². The summed E-state index contributed by atoms with van der Waals surface area (Å²) >= 11 is 11.4. The van der Waals surface area contributed by atoms with Crippen LogP contribution in [0.5, 0.6) is 0 Å². The van der Waals surface area contributed by atoms with Gasteiger partial charge in [0.25, 0.3) is 0 Å². The van der Waals surface area contributed by atoms with Crippen LogP contribution >= 0.6 is 23.8 Å². The molecule has 1 saturated heterocycles. The highest BCUT2D eigenvalue weighted by atomic mass is 35.5. The van der Waals surface area contributed by atoms with E-state index in [2.05, 4.69) is 51.6 Å². The summed E-state index contributed by atoms with van der Waals surface area (Å²) in [6.45, 7) is 8.82. The standard InChI is InChI=1S/C24H37ClN6OS/c1-5-6-12-27-22(26-4)31-14-10-18(11-15-31)9-13-28-23(32)30-24(33)29-21-16-19(25)7-8-20(21)17(2)3/h7-8,12,16-18H,5-6,9-11,13-15H2,1-4H3,(H3,28,29,30,32,33). The number of nitrogens with zero attached hydrogens (tertiary/aromatic N) is 3. The van der Waals surface area contributed by atoms with Gasteiger partial charge in [0, 0.05) is 43.6 Å². The molecule has 0 aliphatic carbocycles. The Bertz CT molecular complexity index is 849. The molecule has 3 N–H and O–H groups in total. The van der Waals surface area contributed by atoms with E-state index < -0.39 is 0 Å². The van der Waals surface area contributed by atoms with Crippen LogP contribution < -0.4 is 16.0 Å². The van der Waals surface area contributed by atoms with Gasteiger partial charge in [-0.1, -0.05) is 44.9 Å². The van der Waals surface area contributed by atoms with Gasteiger partial charge in [-0.05, 0) is 67.4 Å². The van der Waals surface area contributed by atoms with E-state index in [-0.39, 0.29) is 11.1 Å². The minimum Gasteiger partial charge on any atom is -0.341 e. The number of rotatable bonds is 7. The zero-order chi connectivity index (χ0) is 24.2. The molecule has 2 rings (SSSR count). The molecule has 0 aromatic heterocycles. The third-order valence-corrected chi connectivity index (χ3v) is 6.11. The molecule has 182 valence electrons. The van der Waals surface area contributed by atoms with Crippen molar-refractivity contribution in [3.63, 3.8) is 0 Å². The number of likely N-dealkylation sites (tertiary alicyclic amines) is 1. The van der Waals surface area contributed by atoms with Gasteiger partial charge in [-0.2, -0.15) is 0 Å². The summed E-state index contributed by atoms with van der Waals surface area (Å²) in [6, 6.07) is 5.34. The number of unbranched alkanes of at least 4 members (excludes halogenated alkanes) is 1. The highest BCUT2D eigenvalue weighted by molar-refractivity contribution is 7.80. The van der Waals surface area contributed by atoms with Crippen LogP contribution in [0.3, 0.4) is 0 Å². The predicted octanol–water partition coefficient (Wildman–Crippen LogP) is 5.42.